The van der Waals surface area contributed by atoms with Gasteiger partial charge in [0, 0.05) is 22.9 Å². The smallest absolute Gasteiger partial charge is 0.253 e. The van der Waals surface area contributed by atoms with Crippen molar-refractivity contribution in [2.24, 2.45) is 15.5 Å². The van der Waals surface area contributed by atoms with E-state index in [1.54, 1.807) is 32.9 Å². The van der Waals surface area contributed by atoms with Gasteiger partial charge in [-0.05, 0) is 73.2 Å². The minimum Gasteiger partial charge on any atom is -0.383 e. The monoisotopic (exact) mass is 554 g/mol. The number of nitrogens with one attached hydrogen (secondary N) is 1. The lowest BCUT2D eigenvalue weighted by atomic mass is 9.80. The van der Waals surface area contributed by atoms with Crippen LogP contribution in [0.1, 0.15) is 60.6 Å². The van der Waals surface area contributed by atoms with Gasteiger partial charge in [0.05, 0.1) is 14.6 Å². The molecule has 0 saturated carbocycles. The van der Waals surface area contributed by atoms with Crippen molar-refractivity contribution in [2.75, 3.05) is 0 Å². The van der Waals surface area contributed by atoms with Gasteiger partial charge in [0.15, 0.2) is 0 Å². The van der Waals surface area contributed by atoms with Gasteiger partial charge in [-0.3, -0.25) is 0 Å². The van der Waals surface area contributed by atoms with E-state index < -0.39 is 15.1 Å². The average Bonchev–Trinajstić information content (AvgIpc) is 2.86. The first-order valence-corrected chi connectivity index (χ1v) is 14.5. The third-order valence-electron chi connectivity index (χ3n) is 6.59. The van der Waals surface area contributed by atoms with E-state index in [1.807, 2.05) is 42.5 Å². The van der Waals surface area contributed by atoms with Crippen LogP contribution < -0.4 is 11.1 Å². The van der Waals surface area contributed by atoms with Gasteiger partial charge in [-0.25, -0.2) is 4.21 Å². The molecule has 0 aromatic heterocycles. The number of benzene rings is 2. The molecule has 8 heteroatoms. The topological polar surface area (TPSA) is 139 Å². The van der Waals surface area contributed by atoms with Gasteiger partial charge < -0.3 is 11.1 Å². The summed E-state index contributed by atoms with van der Waals surface area (Å²) in [6.45, 7) is 19.7. The second-order valence-corrected chi connectivity index (χ2v) is 13.1. The van der Waals surface area contributed by atoms with E-state index in [2.05, 4.69) is 49.5 Å². The highest BCUT2D eigenvalue weighted by Gasteiger charge is 2.36. The minimum atomic E-state index is -3.27. The Labute approximate surface area is 239 Å². The maximum absolute atomic E-state index is 13.9. The van der Waals surface area contributed by atoms with Crippen LogP contribution in [0.3, 0.4) is 0 Å². The summed E-state index contributed by atoms with van der Waals surface area (Å²) in [6.07, 6.45) is 3.32. The first kappa shape index (κ1) is 31.9. The summed E-state index contributed by atoms with van der Waals surface area (Å²) in [5, 5.41) is 32.2. The highest BCUT2D eigenvalue weighted by atomic mass is 32.2. The fraction of sp³-hybridized carbons (Fsp3) is 0.344. The first-order valence-electron chi connectivity index (χ1n) is 12.8. The molecule has 7 nitrogen and oxygen atoms in total. The van der Waals surface area contributed by atoms with Crippen molar-refractivity contribution in [3.05, 3.63) is 88.6 Å². The molecule has 0 spiro atoms. The van der Waals surface area contributed by atoms with E-state index in [0.717, 1.165) is 17.7 Å². The Morgan fingerprint density at radius 1 is 1.12 bits per heavy atom. The van der Waals surface area contributed by atoms with Crippen LogP contribution in [0.15, 0.2) is 64.6 Å². The van der Waals surface area contributed by atoms with Gasteiger partial charge in [0.25, 0.3) is 5.41 Å². The third-order valence-corrected chi connectivity index (χ3v) is 8.35. The van der Waals surface area contributed by atoms with E-state index in [0.29, 0.717) is 33.6 Å². The number of allylic oxidation sites excluding steroid dienone is 1. The van der Waals surface area contributed by atoms with Gasteiger partial charge in [0.1, 0.15) is 24.0 Å². The van der Waals surface area contributed by atoms with Gasteiger partial charge in [-0.2, -0.15) is 20.2 Å². The summed E-state index contributed by atoms with van der Waals surface area (Å²) in [5.74, 6) is 3.97. The average molecular weight is 555 g/mol. The highest BCUT2D eigenvalue weighted by molar-refractivity contribution is 7.99. The normalized spacial score (nSPS) is 14.1. The Balaban J connectivity index is 2.44. The molecule has 0 aliphatic rings. The van der Waals surface area contributed by atoms with E-state index in [4.69, 9.17) is 5.73 Å². The number of nitrogens with two attached hydrogens (primary N) is 1. The Morgan fingerprint density at radius 3 is 2.25 bits per heavy atom. The summed E-state index contributed by atoms with van der Waals surface area (Å²) >= 11 is 0. The van der Waals surface area contributed by atoms with Crippen LogP contribution in [-0.4, -0.2) is 22.0 Å². The second kappa shape index (κ2) is 12.2. The standard InChI is InChI=1S/C32H38N6OS/c1-10-27(37-22(3)17-31(6,7)8)16-25-12-11-13-26(15-25)30(36)38-40(9,39)29-21(2)14-28(23(4)24(29)5)32(18-33,19-34)20-35/h10-15,27,37H,1,3,9,16-17H2,2,4-8H3,(H2,36,38,39). The number of rotatable bonds is 10. The molecule has 2 aromatic carbocycles. The van der Waals surface area contributed by atoms with Crippen LogP contribution in [0, 0.1) is 60.2 Å². The number of aryl methyl sites for hydroxylation is 1. The number of amidine groups is 1. The van der Waals surface area contributed by atoms with Crippen molar-refractivity contribution in [3.63, 3.8) is 0 Å². The first-order chi connectivity index (χ1) is 18.5. The SMILES string of the molecule is C=CC(Cc1cccc(/C(N)=N/S(=C)(=O)c2c(C)cc(C(C#N)(C#N)C#N)c(C)c2C)c1)NC(=C)CC(C)(C)C. The van der Waals surface area contributed by atoms with Crippen LogP contribution in [0.2, 0.25) is 0 Å². The molecule has 40 heavy (non-hydrogen) atoms. The molecule has 2 aromatic rings. The molecule has 0 aliphatic heterocycles. The van der Waals surface area contributed by atoms with Gasteiger partial charge >= 0.3 is 0 Å². The molecule has 3 N–H and O–H groups in total. The number of hydrogen-bond acceptors (Lipinski definition) is 5. The van der Waals surface area contributed by atoms with Gasteiger partial charge in [-0.15, -0.1) is 6.58 Å². The predicted octanol–water partition coefficient (Wildman–Crippen LogP) is 5.45. The molecule has 0 saturated heterocycles. The van der Waals surface area contributed by atoms with Gasteiger partial charge in [-0.1, -0.05) is 57.7 Å². The van der Waals surface area contributed by atoms with Crippen molar-refractivity contribution < 1.29 is 4.21 Å². The molecule has 0 aliphatic carbocycles. The largest absolute Gasteiger partial charge is 0.383 e. The van der Waals surface area contributed by atoms with E-state index in [9.17, 15) is 20.0 Å². The fourth-order valence-electron chi connectivity index (χ4n) is 4.71. The molecular formula is C32H38N6OS. The molecule has 2 unspecified atom stereocenters. The third kappa shape index (κ3) is 7.20. The van der Waals surface area contributed by atoms with Crippen molar-refractivity contribution in [1.29, 1.82) is 15.8 Å². The zero-order chi connectivity index (χ0) is 30.5. The molecule has 0 bridgehead atoms. The Hall–Kier alpha value is -4.32. The Bertz CT molecular complexity index is 1550. The number of nitriles is 3. The fourth-order valence-corrected chi connectivity index (χ4v) is 6.42. The second-order valence-electron chi connectivity index (χ2n) is 11.3. The van der Waals surface area contributed by atoms with Crippen LogP contribution in [0.25, 0.3) is 0 Å². The zero-order valence-corrected chi connectivity index (χ0v) is 25.1. The molecule has 2 atom stereocenters. The Morgan fingerprint density at radius 2 is 1.73 bits per heavy atom. The maximum Gasteiger partial charge on any atom is 0.253 e. The molecule has 0 heterocycles. The van der Waals surface area contributed by atoms with E-state index in [1.165, 1.54) is 0 Å². The summed E-state index contributed by atoms with van der Waals surface area (Å²) < 4.78 is 18.2. The summed E-state index contributed by atoms with van der Waals surface area (Å²) in [5.41, 5.74) is 8.84. The summed E-state index contributed by atoms with van der Waals surface area (Å²) in [4.78, 5) is 0.365. The molecule has 208 valence electrons. The minimum absolute atomic E-state index is 0.0329. The van der Waals surface area contributed by atoms with Crippen molar-refractivity contribution in [2.45, 2.75) is 70.7 Å². The number of hydrogen-bond donors (Lipinski definition) is 2. The summed E-state index contributed by atoms with van der Waals surface area (Å²) in [7, 11) is -3.27. The lowest BCUT2D eigenvalue weighted by Crippen LogP contribution is -2.30. The molecular weight excluding hydrogens is 516 g/mol. The summed E-state index contributed by atoms with van der Waals surface area (Å²) in [6, 6.07) is 14.5. The molecule has 2 rings (SSSR count). The van der Waals surface area contributed by atoms with E-state index >= 15 is 0 Å². The zero-order valence-electron chi connectivity index (χ0n) is 24.3. The lowest BCUT2D eigenvalue weighted by molar-refractivity contribution is 0.394. The van der Waals surface area contributed by atoms with Crippen molar-refractivity contribution in [3.8, 4) is 18.2 Å². The molecule has 0 amide bonds. The Kier molecular flexibility index (Phi) is 9.76. The van der Waals surface area contributed by atoms with Gasteiger partial charge in [0.2, 0.25) is 0 Å². The maximum atomic E-state index is 13.9. The highest BCUT2D eigenvalue weighted by Crippen LogP contribution is 2.34. The van der Waals surface area contributed by atoms with Crippen LogP contribution in [0.5, 0.6) is 0 Å². The predicted molar refractivity (Wildman–Crippen MR) is 164 cm³/mol. The van der Waals surface area contributed by atoms with E-state index in [-0.39, 0.29) is 22.9 Å². The quantitative estimate of drug-likeness (QED) is 0.173. The molecule has 0 radical (unpaired) electrons. The van der Waals surface area contributed by atoms with Crippen LogP contribution in [-0.2, 0) is 21.5 Å². The lowest BCUT2D eigenvalue weighted by Gasteiger charge is -2.24. The van der Waals surface area contributed by atoms with Crippen molar-refractivity contribution >= 4 is 21.4 Å². The molecule has 0 fully saturated rings. The van der Waals surface area contributed by atoms with Crippen LogP contribution in [0.4, 0.5) is 0 Å². The van der Waals surface area contributed by atoms with Crippen LogP contribution >= 0.6 is 0 Å². The number of nitrogens with zero attached hydrogens (tertiary/aromatic N) is 4. The van der Waals surface area contributed by atoms with Crippen molar-refractivity contribution in [1.82, 2.24) is 5.32 Å².